The van der Waals surface area contributed by atoms with E-state index >= 15 is 0 Å². The van der Waals surface area contributed by atoms with Gasteiger partial charge < -0.3 is 4.98 Å². The molecule has 0 saturated carbocycles. The number of rotatable bonds is 0. The highest BCUT2D eigenvalue weighted by Gasteiger charge is 2.16. The van der Waals surface area contributed by atoms with E-state index in [0.717, 1.165) is 0 Å². The Morgan fingerprint density at radius 1 is 0.765 bits per heavy atom. The van der Waals surface area contributed by atoms with E-state index in [2.05, 4.69) is 120 Å². The Hall–Kier alpha value is 1.16. The van der Waals surface area contributed by atoms with E-state index in [1.165, 1.54) is 36.1 Å². The molecule has 0 unspecified atom stereocenters. The number of hydrogen-bond donors (Lipinski definition) is 1. The molecule has 0 amide bonds. The van der Waals surface area contributed by atoms with Crippen molar-refractivity contribution in [2.75, 3.05) is 0 Å². The summed E-state index contributed by atoms with van der Waals surface area (Å²) in [5.74, 6) is 0. The standard InChI is InChI=1S/C12H5I4N/c13-8-7-5-3-1-2-4-6(5)17-12(7)11(16)10(15)9(8)14/h1-4,17H. The molecule has 0 saturated heterocycles. The predicted octanol–water partition coefficient (Wildman–Crippen LogP) is 5.74. The normalized spacial score (nSPS) is 11.5. The predicted molar refractivity (Wildman–Crippen MR) is 107 cm³/mol. The Morgan fingerprint density at radius 3 is 2.18 bits per heavy atom. The number of aromatic amines is 1. The van der Waals surface area contributed by atoms with Gasteiger partial charge in [0.2, 0.25) is 0 Å². The molecule has 86 valence electrons. The number of nitrogens with one attached hydrogen (secondary N) is 1. The van der Waals surface area contributed by atoms with Crippen LogP contribution in [-0.4, -0.2) is 4.98 Å². The van der Waals surface area contributed by atoms with E-state index in [4.69, 9.17) is 0 Å². The zero-order valence-electron chi connectivity index (χ0n) is 8.32. The van der Waals surface area contributed by atoms with Gasteiger partial charge in [-0.3, -0.25) is 0 Å². The van der Waals surface area contributed by atoms with E-state index in [1.54, 1.807) is 0 Å². The maximum atomic E-state index is 3.53. The molecule has 0 bridgehead atoms. The average molecular weight is 671 g/mol. The highest BCUT2D eigenvalue weighted by atomic mass is 127. The van der Waals surface area contributed by atoms with Crippen LogP contribution in [0.25, 0.3) is 21.8 Å². The van der Waals surface area contributed by atoms with Crippen molar-refractivity contribution in [3.05, 3.63) is 38.5 Å². The molecule has 2 aromatic carbocycles. The molecule has 1 nitrogen and oxygen atoms in total. The minimum atomic E-state index is 1.22. The zero-order valence-corrected chi connectivity index (χ0v) is 17.0. The van der Waals surface area contributed by atoms with Crippen molar-refractivity contribution in [2.45, 2.75) is 0 Å². The lowest BCUT2D eigenvalue weighted by molar-refractivity contribution is 1.48. The van der Waals surface area contributed by atoms with Crippen molar-refractivity contribution in [1.82, 2.24) is 4.98 Å². The molecule has 0 spiro atoms. The molecule has 0 atom stereocenters. The number of para-hydroxylation sites is 1. The van der Waals surface area contributed by atoms with Crippen LogP contribution in [0.15, 0.2) is 24.3 Å². The van der Waals surface area contributed by atoms with Gasteiger partial charge in [0.1, 0.15) is 0 Å². The molecule has 1 N–H and O–H groups in total. The largest absolute Gasteiger partial charge is 0.354 e. The number of benzene rings is 2. The molecule has 0 aliphatic carbocycles. The van der Waals surface area contributed by atoms with Crippen LogP contribution in [0.4, 0.5) is 0 Å². The molecule has 0 aliphatic rings. The Kier molecular flexibility index (Phi) is 3.81. The van der Waals surface area contributed by atoms with Crippen LogP contribution >= 0.6 is 90.4 Å². The van der Waals surface area contributed by atoms with Crippen LogP contribution < -0.4 is 0 Å². The third kappa shape index (κ3) is 2.02. The molecule has 17 heavy (non-hydrogen) atoms. The first-order valence-corrected chi connectivity index (χ1v) is 9.15. The first kappa shape index (κ1) is 13.2. The topological polar surface area (TPSA) is 15.8 Å². The summed E-state index contributed by atoms with van der Waals surface area (Å²) < 4.78 is 5.36. The quantitative estimate of drug-likeness (QED) is 0.179. The highest BCUT2D eigenvalue weighted by molar-refractivity contribution is 14.1. The fraction of sp³-hybridized carbons (Fsp3) is 0. The lowest BCUT2D eigenvalue weighted by Crippen LogP contribution is -1.92. The number of halogens is 4. The van der Waals surface area contributed by atoms with Gasteiger partial charge in [0, 0.05) is 27.0 Å². The number of fused-ring (bicyclic) bond motifs is 3. The van der Waals surface area contributed by atoms with Crippen LogP contribution in [0, 0.1) is 14.3 Å². The van der Waals surface area contributed by atoms with Crippen molar-refractivity contribution in [2.24, 2.45) is 0 Å². The van der Waals surface area contributed by atoms with Crippen LogP contribution in [0.1, 0.15) is 0 Å². The van der Waals surface area contributed by atoms with E-state index in [9.17, 15) is 0 Å². The Bertz CT molecular complexity index is 745. The lowest BCUT2D eigenvalue weighted by atomic mass is 10.2. The molecular weight excluding hydrogens is 666 g/mol. The average Bonchev–Trinajstić information content (AvgIpc) is 2.73. The van der Waals surface area contributed by atoms with Gasteiger partial charge in [-0.15, -0.1) is 0 Å². The van der Waals surface area contributed by atoms with Gasteiger partial charge in [-0.2, -0.15) is 0 Å². The fourth-order valence-electron chi connectivity index (χ4n) is 1.95. The van der Waals surface area contributed by atoms with Crippen molar-refractivity contribution in [3.63, 3.8) is 0 Å². The molecule has 0 aliphatic heterocycles. The second kappa shape index (κ2) is 4.93. The van der Waals surface area contributed by atoms with Crippen LogP contribution in [-0.2, 0) is 0 Å². The SMILES string of the molecule is Ic1c(I)c(I)c2c([nH]c3ccccc32)c1I. The summed E-state index contributed by atoms with van der Waals surface area (Å²) in [6, 6.07) is 8.51. The number of hydrogen-bond acceptors (Lipinski definition) is 0. The van der Waals surface area contributed by atoms with Crippen molar-refractivity contribution < 1.29 is 0 Å². The van der Waals surface area contributed by atoms with Gasteiger partial charge in [0.25, 0.3) is 0 Å². The second-order valence-electron chi connectivity index (χ2n) is 3.68. The van der Waals surface area contributed by atoms with E-state index in [1.807, 2.05) is 0 Å². The molecule has 0 radical (unpaired) electrons. The maximum Gasteiger partial charge on any atom is 0.0622 e. The van der Waals surface area contributed by atoms with E-state index in [0.29, 0.717) is 0 Å². The Balaban J connectivity index is 2.67. The lowest BCUT2D eigenvalue weighted by Gasteiger charge is -2.05. The second-order valence-corrected chi connectivity index (χ2v) is 7.99. The summed E-state index contributed by atoms with van der Waals surface area (Å²) in [7, 11) is 0. The minimum absolute atomic E-state index is 1.22. The molecule has 1 heterocycles. The minimum Gasteiger partial charge on any atom is -0.354 e. The third-order valence-corrected chi connectivity index (χ3v) is 10.1. The van der Waals surface area contributed by atoms with E-state index in [-0.39, 0.29) is 0 Å². The number of H-pyrrole nitrogens is 1. The molecule has 0 fully saturated rings. The first-order valence-electron chi connectivity index (χ1n) is 4.83. The maximum absolute atomic E-state index is 3.53. The summed E-state index contributed by atoms with van der Waals surface area (Å²) in [6.45, 7) is 0. The zero-order chi connectivity index (χ0) is 12.2. The van der Waals surface area contributed by atoms with Gasteiger partial charge in [0.05, 0.1) is 9.09 Å². The van der Waals surface area contributed by atoms with E-state index < -0.39 is 0 Å². The fourth-order valence-corrected chi connectivity index (χ4v) is 5.56. The van der Waals surface area contributed by atoms with Gasteiger partial charge in [-0.1, -0.05) is 18.2 Å². The van der Waals surface area contributed by atoms with Crippen molar-refractivity contribution in [3.8, 4) is 0 Å². The summed E-state index contributed by atoms with van der Waals surface area (Å²) in [4.78, 5) is 3.53. The van der Waals surface area contributed by atoms with Crippen LogP contribution in [0.2, 0.25) is 0 Å². The smallest absolute Gasteiger partial charge is 0.0622 e. The molecule has 1 aromatic heterocycles. The third-order valence-electron chi connectivity index (χ3n) is 2.72. The first-order chi connectivity index (χ1) is 8.11. The summed E-state index contributed by atoms with van der Waals surface area (Å²) in [6.07, 6.45) is 0. The molecular formula is C12H5I4N. The van der Waals surface area contributed by atoms with Crippen molar-refractivity contribution >= 4 is 112 Å². The molecule has 5 heteroatoms. The Labute approximate surface area is 153 Å². The highest BCUT2D eigenvalue weighted by Crippen LogP contribution is 2.38. The number of aromatic nitrogens is 1. The Morgan fingerprint density at radius 2 is 1.41 bits per heavy atom. The van der Waals surface area contributed by atoms with Crippen molar-refractivity contribution in [1.29, 1.82) is 0 Å². The monoisotopic (exact) mass is 671 g/mol. The van der Waals surface area contributed by atoms with Crippen LogP contribution in [0.5, 0.6) is 0 Å². The summed E-state index contributed by atoms with van der Waals surface area (Å²) >= 11 is 9.75. The summed E-state index contributed by atoms with van der Waals surface area (Å²) in [5, 5.41) is 2.68. The van der Waals surface area contributed by atoms with Crippen LogP contribution in [0.3, 0.4) is 0 Å². The van der Waals surface area contributed by atoms with Gasteiger partial charge in [-0.25, -0.2) is 0 Å². The summed E-state index contributed by atoms with van der Waals surface area (Å²) in [5.41, 5.74) is 2.48. The van der Waals surface area contributed by atoms with Gasteiger partial charge in [0.15, 0.2) is 0 Å². The molecule has 3 rings (SSSR count). The van der Waals surface area contributed by atoms with Gasteiger partial charge >= 0.3 is 0 Å². The molecule has 3 aromatic rings. The van der Waals surface area contributed by atoms with Gasteiger partial charge in [-0.05, 0) is 96.4 Å².